The second-order valence-electron chi connectivity index (χ2n) is 5.50. The van der Waals surface area contributed by atoms with Crippen LogP contribution in [0.5, 0.6) is 0 Å². The van der Waals surface area contributed by atoms with E-state index in [9.17, 15) is 0 Å². The Hall–Kier alpha value is -1.36. The Morgan fingerprint density at radius 1 is 1.50 bits per heavy atom. The summed E-state index contributed by atoms with van der Waals surface area (Å²) in [6, 6.07) is 1.78. The van der Waals surface area contributed by atoms with E-state index >= 15 is 0 Å². The Bertz CT molecular complexity index is 435. The molecule has 2 atom stereocenters. The molecule has 3 N–H and O–H groups in total. The van der Waals surface area contributed by atoms with Crippen LogP contribution in [0.3, 0.4) is 0 Å². The predicted molar refractivity (Wildman–Crippen MR) is 72.6 cm³/mol. The summed E-state index contributed by atoms with van der Waals surface area (Å²) in [5.41, 5.74) is 5.74. The Morgan fingerprint density at radius 2 is 2.22 bits per heavy atom. The van der Waals surface area contributed by atoms with Gasteiger partial charge in [0.25, 0.3) is 0 Å². The number of nitrogens with two attached hydrogens (primary N) is 1. The van der Waals surface area contributed by atoms with E-state index in [4.69, 9.17) is 10.5 Å². The zero-order valence-electron chi connectivity index (χ0n) is 11.5. The van der Waals surface area contributed by atoms with Gasteiger partial charge in [0.1, 0.15) is 17.5 Å². The number of nitrogens with one attached hydrogen (secondary N) is 1. The lowest BCUT2D eigenvalue weighted by Gasteiger charge is -2.29. The highest BCUT2D eigenvalue weighted by atomic mass is 16.5. The van der Waals surface area contributed by atoms with Crippen LogP contribution < -0.4 is 11.1 Å². The van der Waals surface area contributed by atoms with Crippen molar-refractivity contribution in [3.05, 3.63) is 11.9 Å². The molecule has 2 heterocycles. The van der Waals surface area contributed by atoms with E-state index in [1.807, 2.05) is 0 Å². The maximum atomic E-state index is 5.83. The Balaban J connectivity index is 2.23. The minimum Gasteiger partial charge on any atom is -0.384 e. The lowest BCUT2D eigenvalue weighted by Crippen LogP contribution is -2.41. The number of rotatable bonds is 3. The molecule has 0 saturated carbocycles. The number of aromatic nitrogens is 2. The fourth-order valence-corrected chi connectivity index (χ4v) is 2.10. The van der Waals surface area contributed by atoms with Crippen LogP contribution in [0.15, 0.2) is 6.07 Å². The van der Waals surface area contributed by atoms with Crippen molar-refractivity contribution in [3.8, 4) is 0 Å². The van der Waals surface area contributed by atoms with E-state index in [0.717, 1.165) is 24.7 Å². The molecule has 0 radical (unpaired) electrons. The average molecular weight is 250 g/mol. The third-order valence-electron chi connectivity index (χ3n) is 3.58. The summed E-state index contributed by atoms with van der Waals surface area (Å²) >= 11 is 0. The van der Waals surface area contributed by atoms with Crippen molar-refractivity contribution in [2.75, 3.05) is 17.7 Å². The molecule has 0 spiro atoms. The van der Waals surface area contributed by atoms with Gasteiger partial charge in [-0.05, 0) is 20.3 Å². The van der Waals surface area contributed by atoms with Crippen LogP contribution >= 0.6 is 0 Å². The molecule has 18 heavy (non-hydrogen) atoms. The van der Waals surface area contributed by atoms with Gasteiger partial charge >= 0.3 is 0 Å². The average Bonchev–Trinajstić information content (AvgIpc) is 2.58. The lowest BCUT2D eigenvalue weighted by molar-refractivity contribution is 0.105. The molecule has 0 bridgehead atoms. The molecule has 1 aromatic rings. The van der Waals surface area contributed by atoms with Gasteiger partial charge in [-0.1, -0.05) is 13.8 Å². The summed E-state index contributed by atoms with van der Waals surface area (Å²) in [6.45, 7) is 9.12. The van der Waals surface area contributed by atoms with Gasteiger partial charge in [0, 0.05) is 18.6 Å². The molecule has 5 heteroatoms. The van der Waals surface area contributed by atoms with Crippen molar-refractivity contribution < 1.29 is 4.74 Å². The third kappa shape index (κ3) is 2.56. The van der Waals surface area contributed by atoms with Crippen LogP contribution in [-0.4, -0.2) is 28.2 Å². The fourth-order valence-electron chi connectivity index (χ4n) is 2.10. The summed E-state index contributed by atoms with van der Waals surface area (Å²) in [6.07, 6.45) is 1.13. The summed E-state index contributed by atoms with van der Waals surface area (Å²) in [5.74, 6) is 2.32. The smallest absolute Gasteiger partial charge is 0.135 e. The number of hydrogen-bond donors (Lipinski definition) is 2. The topological polar surface area (TPSA) is 73.1 Å². The first-order chi connectivity index (χ1) is 8.40. The molecular weight excluding hydrogens is 228 g/mol. The highest BCUT2D eigenvalue weighted by Gasteiger charge is 2.37. The Labute approximate surface area is 108 Å². The first-order valence-corrected chi connectivity index (χ1v) is 6.45. The van der Waals surface area contributed by atoms with E-state index in [-0.39, 0.29) is 17.6 Å². The molecule has 1 fully saturated rings. The molecule has 5 nitrogen and oxygen atoms in total. The van der Waals surface area contributed by atoms with Gasteiger partial charge in [-0.2, -0.15) is 0 Å². The van der Waals surface area contributed by atoms with Gasteiger partial charge < -0.3 is 15.8 Å². The number of ether oxygens (including phenoxy) is 1. The monoisotopic (exact) mass is 250 g/mol. The molecular formula is C13H22N4O. The largest absolute Gasteiger partial charge is 0.384 e. The number of nitrogen functional groups attached to an aromatic ring is 1. The van der Waals surface area contributed by atoms with Gasteiger partial charge in [0.2, 0.25) is 0 Å². The standard InChI is InChI=1S/C13H22N4O/c1-8(2)12-15-10(14)7-11(16-12)17-13(4)5-6-18-9(13)3/h7-9H,5-6H2,1-4H3,(H3,14,15,16,17). The van der Waals surface area contributed by atoms with Crippen molar-refractivity contribution in [2.24, 2.45) is 0 Å². The molecule has 0 aromatic carbocycles. The van der Waals surface area contributed by atoms with Crippen LogP contribution in [-0.2, 0) is 4.74 Å². The highest BCUT2D eigenvalue weighted by molar-refractivity contribution is 5.47. The van der Waals surface area contributed by atoms with Crippen molar-refractivity contribution in [3.63, 3.8) is 0 Å². The molecule has 2 unspecified atom stereocenters. The lowest BCUT2D eigenvalue weighted by atomic mass is 9.95. The summed E-state index contributed by atoms with van der Waals surface area (Å²) < 4.78 is 5.61. The quantitative estimate of drug-likeness (QED) is 0.860. The van der Waals surface area contributed by atoms with Gasteiger partial charge in [0.15, 0.2) is 0 Å². The first-order valence-electron chi connectivity index (χ1n) is 6.45. The predicted octanol–water partition coefficient (Wildman–Crippen LogP) is 2.16. The molecule has 0 amide bonds. The molecule has 1 aromatic heterocycles. The summed E-state index contributed by atoms with van der Waals surface area (Å²) in [4.78, 5) is 8.76. The second kappa shape index (κ2) is 4.72. The zero-order valence-corrected chi connectivity index (χ0v) is 11.5. The van der Waals surface area contributed by atoms with Crippen molar-refractivity contribution in [1.29, 1.82) is 0 Å². The van der Waals surface area contributed by atoms with Crippen molar-refractivity contribution >= 4 is 11.6 Å². The van der Waals surface area contributed by atoms with E-state index in [2.05, 4.69) is 43.0 Å². The van der Waals surface area contributed by atoms with Crippen molar-refractivity contribution in [1.82, 2.24) is 9.97 Å². The van der Waals surface area contributed by atoms with Gasteiger partial charge in [0.05, 0.1) is 11.6 Å². The molecule has 2 rings (SSSR count). The highest BCUT2D eigenvalue weighted by Crippen LogP contribution is 2.29. The van der Waals surface area contributed by atoms with E-state index in [1.165, 1.54) is 0 Å². The SMILES string of the molecule is CC(C)c1nc(N)cc(NC2(C)CCOC2C)n1. The van der Waals surface area contributed by atoms with Crippen LogP contribution in [0.25, 0.3) is 0 Å². The van der Waals surface area contributed by atoms with E-state index < -0.39 is 0 Å². The normalized spacial score (nSPS) is 27.7. The minimum atomic E-state index is -0.0883. The van der Waals surface area contributed by atoms with Gasteiger partial charge in [-0.15, -0.1) is 0 Å². The Morgan fingerprint density at radius 3 is 2.78 bits per heavy atom. The van der Waals surface area contributed by atoms with Crippen LogP contribution in [0, 0.1) is 0 Å². The molecule has 0 aliphatic carbocycles. The van der Waals surface area contributed by atoms with Crippen LogP contribution in [0.2, 0.25) is 0 Å². The summed E-state index contributed by atoms with van der Waals surface area (Å²) in [5, 5.41) is 3.45. The van der Waals surface area contributed by atoms with Crippen molar-refractivity contribution in [2.45, 2.75) is 51.7 Å². The molecule has 1 saturated heterocycles. The van der Waals surface area contributed by atoms with Crippen LogP contribution in [0.1, 0.15) is 45.9 Å². The number of nitrogens with zero attached hydrogens (tertiary/aromatic N) is 2. The fraction of sp³-hybridized carbons (Fsp3) is 0.692. The maximum absolute atomic E-state index is 5.83. The molecule has 1 aliphatic rings. The van der Waals surface area contributed by atoms with Crippen LogP contribution in [0.4, 0.5) is 11.6 Å². The third-order valence-corrected chi connectivity index (χ3v) is 3.58. The maximum Gasteiger partial charge on any atom is 0.135 e. The zero-order chi connectivity index (χ0) is 13.3. The molecule has 1 aliphatic heterocycles. The number of hydrogen-bond acceptors (Lipinski definition) is 5. The van der Waals surface area contributed by atoms with E-state index in [1.54, 1.807) is 6.07 Å². The van der Waals surface area contributed by atoms with E-state index in [0.29, 0.717) is 5.82 Å². The number of anilines is 2. The first kappa shape index (κ1) is 13.1. The van der Waals surface area contributed by atoms with Gasteiger partial charge in [-0.25, -0.2) is 9.97 Å². The minimum absolute atomic E-state index is 0.0883. The van der Waals surface area contributed by atoms with Gasteiger partial charge in [-0.3, -0.25) is 0 Å². The second-order valence-corrected chi connectivity index (χ2v) is 5.50. The molecule has 100 valence electrons. The summed E-state index contributed by atoms with van der Waals surface area (Å²) in [7, 11) is 0. The Kier molecular flexibility index (Phi) is 3.43.